The molecule has 0 aliphatic rings. The molecule has 1 rings (SSSR count). The standard InChI is InChI=1S/C12H9Cl2FO3/c1-3-11(16)18-6(2)12(17)7-4-10(15)9(14)5-8(7)13/h3-6H,1H2,2H3. The van der Waals surface area contributed by atoms with Crippen molar-refractivity contribution in [3.8, 4) is 0 Å². The van der Waals surface area contributed by atoms with Crippen molar-refractivity contribution in [3.05, 3.63) is 46.2 Å². The molecule has 0 aliphatic carbocycles. The zero-order valence-corrected chi connectivity index (χ0v) is 10.9. The number of rotatable bonds is 4. The zero-order chi connectivity index (χ0) is 13.9. The van der Waals surface area contributed by atoms with Crippen LogP contribution in [0.2, 0.25) is 10.0 Å². The number of ketones is 1. The van der Waals surface area contributed by atoms with Gasteiger partial charge in [0.15, 0.2) is 6.10 Å². The fourth-order valence-electron chi connectivity index (χ4n) is 1.21. The number of ether oxygens (including phenoxy) is 1. The fraction of sp³-hybridized carbons (Fsp3) is 0.167. The van der Waals surface area contributed by atoms with Gasteiger partial charge in [-0.1, -0.05) is 29.8 Å². The van der Waals surface area contributed by atoms with Crippen molar-refractivity contribution in [2.75, 3.05) is 0 Å². The SMILES string of the molecule is C=CC(=O)OC(C)C(=O)c1cc(F)c(Cl)cc1Cl. The molecule has 0 saturated heterocycles. The van der Waals surface area contributed by atoms with Crippen LogP contribution in [0.15, 0.2) is 24.8 Å². The monoisotopic (exact) mass is 290 g/mol. The highest BCUT2D eigenvalue weighted by Crippen LogP contribution is 2.25. The van der Waals surface area contributed by atoms with Gasteiger partial charge in [0.05, 0.1) is 10.0 Å². The van der Waals surface area contributed by atoms with Crippen molar-refractivity contribution in [2.45, 2.75) is 13.0 Å². The lowest BCUT2D eigenvalue weighted by atomic mass is 10.1. The third kappa shape index (κ3) is 3.31. The Labute approximate surface area is 113 Å². The van der Waals surface area contributed by atoms with Crippen LogP contribution in [0.5, 0.6) is 0 Å². The molecule has 0 N–H and O–H groups in total. The van der Waals surface area contributed by atoms with E-state index in [1.165, 1.54) is 6.92 Å². The second-order valence-electron chi connectivity index (χ2n) is 3.39. The number of halogens is 3. The van der Waals surface area contributed by atoms with Crippen LogP contribution in [0.1, 0.15) is 17.3 Å². The highest BCUT2D eigenvalue weighted by atomic mass is 35.5. The van der Waals surface area contributed by atoms with E-state index < -0.39 is 23.7 Å². The smallest absolute Gasteiger partial charge is 0.330 e. The van der Waals surface area contributed by atoms with Gasteiger partial charge in [-0.15, -0.1) is 0 Å². The predicted molar refractivity (Wildman–Crippen MR) is 66.5 cm³/mol. The zero-order valence-electron chi connectivity index (χ0n) is 9.38. The molecular formula is C12H9Cl2FO3. The lowest BCUT2D eigenvalue weighted by molar-refractivity contribution is -0.140. The first-order valence-corrected chi connectivity index (χ1v) is 5.64. The van der Waals surface area contributed by atoms with Gasteiger partial charge < -0.3 is 4.74 Å². The van der Waals surface area contributed by atoms with Gasteiger partial charge in [0.1, 0.15) is 5.82 Å². The van der Waals surface area contributed by atoms with Crippen LogP contribution in [0.25, 0.3) is 0 Å². The first kappa shape index (κ1) is 14.7. The molecule has 0 bridgehead atoms. The van der Waals surface area contributed by atoms with Crippen molar-refractivity contribution in [1.29, 1.82) is 0 Å². The van der Waals surface area contributed by atoms with Crippen LogP contribution in [-0.2, 0) is 9.53 Å². The Morgan fingerprint density at radius 3 is 2.56 bits per heavy atom. The van der Waals surface area contributed by atoms with E-state index in [9.17, 15) is 14.0 Å². The number of carbonyl (C=O) groups is 2. The van der Waals surface area contributed by atoms with Gasteiger partial charge in [-0.3, -0.25) is 4.79 Å². The Kier molecular flexibility index (Phi) is 4.87. The predicted octanol–water partition coefficient (Wildman–Crippen LogP) is 3.43. The van der Waals surface area contributed by atoms with E-state index in [2.05, 4.69) is 6.58 Å². The summed E-state index contributed by atoms with van der Waals surface area (Å²) >= 11 is 11.3. The Morgan fingerprint density at radius 1 is 1.39 bits per heavy atom. The van der Waals surface area contributed by atoms with E-state index in [-0.39, 0.29) is 15.6 Å². The number of hydrogen-bond acceptors (Lipinski definition) is 3. The lowest BCUT2D eigenvalue weighted by Gasteiger charge is -2.12. The van der Waals surface area contributed by atoms with E-state index in [0.29, 0.717) is 0 Å². The summed E-state index contributed by atoms with van der Waals surface area (Å²) in [5.41, 5.74) is -0.0945. The molecule has 96 valence electrons. The minimum Gasteiger partial charge on any atom is -0.451 e. The topological polar surface area (TPSA) is 43.4 Å². The van der Waals surface area contributed by atoms with E-state index >= 15 is 0 Å². The molecule has 0 amide bonds. The van der Waals surface area contributed by atoms with Gasteiger partial charge in [-0.05, 0) is 19.1 Å². The molecular weight excluding hydrogens is 282 g/mol. The molecule has 1 atom stereocenters. The Bertz CT molecular complexity index is 514. The van der Waals surface area contributed by atoms with Crippen LogP contribution in [-0.4, -0.2) is 17.9 Å². The normalized spacial score (nSPS) is 11.8. The molecule has 6 heteroatoms. The van der Waals surface area contributed by atoms with Gasteiger partial charge in [0.25, 0.3) is 0 Å². The highest BCUT2D eigenvalue weighted by Gasteiger charge is 2.22. The maximum atomic E-state index is 13.2. The fourth-order valence-corrected chi connectivity index (χ4v) is 1.68. The molecule has 3 nitrogen and oxygen atoms in total. The Morgan fingerprint density at radius 2 is 2.00 bits per heavy atom. The maximum Gasteiger partial charge on any atom is 0.330 e. The summed E-state index contributed by atoms with van der Waals surface area (Å²) < 4.78 is 18.0. The van der Waals surface area contributed by atoms with Gasteiger partial charge in [-0.25, -0.2) is 9.18 Å². The van der Waals surface area contributed by atoms with Crippen molar-refractivity contribution in [3.63, 3.8) is 0 Å². The quantitative estimate of drug-likeness (QED) is 0.369. The molecule has 1 unspecified atom stereocenters. The molecule has 0 aromatic heterocycles. The largest absolute Gasteiger partial charge is 0.451 e. The molecule has 0 spiro atoms. The number of hydrogen-bond donors (Lipinski definition) is 0. The summed E-state index contributed by atoms with van der Waals surface area (Å²) in [6.45, 7) is 4.55. The van der Waals surface area contributed by atoms with Crippen molar-refractivity contribution < 1.29 is 18.7 Å². The highest BCUT2D eigenvalue weighted by molar-refractivity contribution is 6.37. The minimum atomic E-state index is -1.09. The maximum absolute atomic E-state index is 13.2. The third-order valence-electron chi connectivity index (χ3n) is 2.10. The van der Waals surface area contributed by atoms with E-state index in [1.54, 1.807) is 0 Å². The molecule has 1 aromatic carbocycles. The van der Waals surface area contributed by atoms with Gasteiger partial charge in [-0.2, -0.15) is 0 Å². The summed E-state index contributed by atoms with van der Waals surface area (Å²) in [5, 5.41) is -0.194. The number of carbonyl (C=O) groups excluding carboxylic acids is 2. The van der Waals surface area contributed by atoms with E-state index in [0.717, 1.165) is 18.2 Å². The van der Waals surface area contributed by atoms with Crippen molar-refractivity contribution in [2.24, 2.45) is 0 Å². The van der Waals surface area contributed by atoms with Gasteiger partial charge >= 0.3 is 5.97 Å². The average molecular weight is 291 g/mol. The van der Waals surface area contributed by atoms with Crippen molar-refractivity contribution >= 4 is 35.0 Å². The summed E-state index contributed by atoms with van der Waals surface area (Å²) in [7, 11) is 0. The molecule has 0 heterocycles. The van der Waals surface area contributed by atoms with Gasteiger partial charge in [0, 0.05) is 11.6 Å². The second-order valence-corrected chi connectivity index (χ2v) is 4.21. The van der Waals surface area contributed by atoms with Crippen LogP contribution in [0.4, 0.5) is 4.39 Å². The molecule has 0 saturated carbocycles. The van der Waals surface area contributed by atoms with Crippen LogP contribution in [0, 0.1) is 5.82 Å². The second kappa shape index (κ2) is 5.98. The first-order chi connectivity index (χ1) is 8.36. The minimum absolute atomic E-state index is 0.00657. The summed E-state index contributed by atoms with van der Waals surface area (Å²) in [6, 6.07) is 2.03. The lowest BCUT2D eigenvalue weighted by Crippen LogP contribution is -2.23. The Hall–Kier alpha value is -1.39. The Balaban J connectivity index is 3.00. The summed E-state index contributed by atoms with van der Waals surface area (Å²) in [6.07, 6.45) is -0.165. The van der Waals surface area contributed by atoms with Crippen LogP contribution >= 0.6 is 23.2 Å². The number of Topliss-reactive ketones (excluding diaryl/α,β-unsaturated/α-hetero) is 1. The number of esters is 1. The van der Waals surface area contributed by atoms with Crippen LogP contribution in [0.3, 0.4) is 0 Å². The number of benzene rings is 1. The van der Waals surface area contributed by atoms with E-state index in [1.807, 2.05) is 0 Å². The summed E-state index contributed by atoms with van der Waals surface area (Å²) in [4.78, 5) is 22.8. The molecule has 0 radical (unpaired) electrons. The molecule has 0 fully saturated rings. The molecule has 0 aliphatic heterocycles. The van der Waals surface area contributed by atoms with E-state index in [4.69, 9.17) is 27.9 Å². The third-order valence-corrected chi connectivity index (χ3v) is 2.71. The first-order valence-electron chi connectivity index (χ1n) is 4.88. The van der Waals surface area contributed by atoms with Crippen LogP contribution < -0.4 is 0 Å². The van der Waals surface area contributed by atoms with Crippen molar-refractivity contribution in [1.82, 2.24) is 0 Å². The average Bonchev–Trinajstić information content (AvgIpc) is 2.32. The molecule has 18 heavy (non-hydrogen) atoms. The molecule has 1 aromatic rings. The van der Waals surface area contributed by atoms with Gasteiger partial charge in [0.2, 0.25) is 5.78 Å². The summed E-state index contributed by atoms with van der Waals surface area (Å²) in [5.74, 6) is -2.14.